The monoisotopic (exact) mass is 374 g/mol. The fourth-order valence-electron chi connectivity index (χ4n) is 3.75. The van der Waals surface area contributed by atoms with Gasteiger partial charge in [0, 0.05) is 45.9 Å². The van der Waals surface area contributed by atoms with Crippen LogP contribution in [0.5, 0.6) is 11.5 Å². The second-order valence-corrected chi connectivity index (χ2v) is 7.42. The number of thiophene rings is 1. The van der Waals surface area contributed by atoms with Gasteiger partial charge in [0.2, 0.25) is 0 Å². The number of aliphatic hydroxyl groups is 2. The maximum atomic E-state index is 12.7. The van der Waals surface area contributed by atoms with Crippen molar-refractivity contribution in [3.05, 3.63) is 44.1 Å². The minimum Gasteiger partial charge on any atom is -0.507 e. The minimum absolute atomic E-state index is 0.0995. The van der Waals surface area contributed by atoms with E-state index in [0.29, 0.717) is 0 Å². The third-order valence-electron chi connectivity index (χ3n) is 5.18. The highest BCUT2D eigenvalue weighted by Crippen LogP contribution is 2.50. The minimum atomic E-state index is -1.93. The molecule has 2 atom stereocenters. The third kappa shape index (κ3) is 1.97. The molecule has 0 saturated heterocycles. The first-order chi connectivity index (χ1) is 12.2. The van der Waals surface area contributed by atoms with Crippen LogP contribution >= 0.6 is 11.3 Å². The van der Waals surface area contributed by atoms with E-state index in [1.54, 1.807) is 0 Å². The van der Waals surface area contributed by atoms with Crippen LogP contribution in [0.4, 0.5) is 0 Å². The highest BCUT2D eigenvalue weighted by atomic mass is 32.1. The van der Waals surface area contributed by atoms with Gasteiger partial charge in [-0.3, -0.25) is 14.4 Å². The Morgan fingerprint density at radius 2 is 1.65 bits per heavy atom. The molecule has 0 radical (unpaired) electrons. The molecule has 1 aromatic carbocycles. The van der Waals surface area contributed by atoms with Gasteiger partial charge in [-0.1, -0.05) is 0 Å². The molecule has 4 N–H and O–H groups in total. The van der Waals surface area contributed by atoms with E-state index in [4.69, 9.17) is 0 Å². The van der Waals surface area contributed by atoms with Crippen molar-refractivity contribution in [1.82, 2.24) is 0 Å². The molecule has 2 aliphatic rings. The molecule has 1 aromatic heterocycles. The Balaban J connectivity index is 2.03. The van der Waals surface area contributed by atoms with Crippen LogP contribution in [0.2, 0.25) is 0 Å². The number of hydrogen-bond donors (Lipinski definition) is 4. The third-order valence-corrected chi connectivity index (χ3v) is 5.93. The van der Waals surface area contributed by atoms with Gasteiger partial charge in [0.1, 0.15) is 17.1 Å². The van der Waals surface area contributed by atoms with Gasteiger partial charge < -0.3 is 20.4 Å². The molecule has 4 rings (SSSR count). The molecule has 0 spiro atoms. The molecule has 0 bridgehead atoms. The number of ketones is 3. The highest BCUT2D eigenvalue weighted by molar-refractivity contribution is 7.08. The predicted octanol–water partition coefficient (Wildman–Crippen LogP) is 1.23. The van der Waals surface area contributed by atoms with E-state index in [2.05, 4.69) is 0 Å². The summed E-state index contributed by atoms with van der Waals surface area (Å²) >= 11 is 1.14. The Labute approximate surface area is 151 Å². The zero-order valence-corrected chi connectivity index (χ0v) is 14.4. The van der Waals surface area contributed by atoms with Crippen molar-refractivity contribution in [2.24, 2.45) is 0 Å². The van der Waals surface area contributed by atoms with Crippen molar-refractivity contribution in [2.45, 2.75) is 31.5 Å². The number of carbonyl (C=O) groups is 3. The van der Waals surface area contributed by atoms with Crippen molar-refractivity contribution in [3.8, 4) is 11.5 Å². The molecule has 0 aliphatic heterocycles. The molecular weight excluding hydrogens is 360 g/mol. The average molecular weight is 374 g/mol. The lowest BCUT2D eigenvalue weighted by atomic mass is 9.72. The van der Waals surface area contributed by atoms with Crippen LogP contribution in [0.15, 0.2) is 10.8 Å². The van der Waals surface area contributed by atoms with E-state index in [1.165, 1.54) is 10.8 Å². The SMILES string of the molecule is CC(=O)[C@@]1(O)Cc2c(O)c3c(c(O)c2[C@H](O)C1)C(=O)c1cscc1C3=O. The normalized spacial score (nSPS) is 24.0. The summed E-state index contributed by atoms with van der Waals surface area (Å²) in [5.74, 6) is -3.05. The number of rotatable bonds is 1. The molecule has 134 valence electrons. The van der Waals surface area contributed by atoms with Gasteiger partial charge in [-0.25, -0.2) is 0 Å². The van der Waals surface area contributed by atoms with E-state index < -0.39 is 40.6 Å². The first kappa shape index (κ1) is 16.9. The maximum Gasteiger partial charge on any atom is 0.199 e. The number of carbonyl (C=O) groups excluding carboxylic acids is 3. The molecule has 0 unspecified atom stereocenters. The number of benzene rings is 1. The lowest BCUT2D eigenvalue weighted by molar-refractivity contribution is -0.139. The van der Waals surface area contributed by atoms with Crippen LogP contribution in [0.25, 0.3) is 0 Å². The smallest absolute Gasteiger partial charge is 0.199 e. The van der Waals surface area contributed by atoms with Crippen LogP contribution in [0.3, 0.4) is 0 Å². The van der Waals surface area contributed by atoms with E-state index in [-0.39, 0.29) is 46.2 Å². The summed E-state index contributed by atoms with van der Waals surface area (Å²) in [4.78, 5) is 37.2. The van der Waals surface area contributed by atoms with Crippen LogP contribution in [0.1, 0.15) is 62.4 Å². The number of fused-ring (bicyclic) bond motifs is 3. The number of Topliss-reactive ketones (excluding diaryl/α,β-unsaturated/α-hetero) is 1. The summed E-state index contributed by atoms with van der Waals surface area (Å²) in [6.07, 6.45) is -2.23. The molecule has 2 aliphatic carbocycles. The summed E-state index contributed by atoms with van der Waals surface area (Å²) in [6.45, 7) is 1.15. The van der Waals surface area contributed by atoms with Gasteiger partial charge in [-0.15, -0.1) is 0 Å². The van der Waals surface area contributed by atoms with Crippen LogP contribution in [-0.2, 0) is 11.2 Å². The van der Waals surface area contributed by atoms with Crippen LogP contribution < -0.4 is 0 Å². The number of aliphatic hydroxyl groups excluding tert-OH is 1. The quantitative estimate of drug-likeness (QED) is 0.471. The lowest BCUT2D eigenvalue weighted by Gasteiger charge is -2.36. The molecule has 8 heteroatoms. The molecular formula is C18H14O7S. The van der Waals surface area contributed by atoms with E-state index in [0.717, 1.165) is 18.3 Å². The Bertz CT molecular complexity index is 1020. The largest absolute Gasteiger partial charge is 0.507 e. The van der Waals surface area contributed by atoms with Gasteiger partial charge in [0.25, 0.3) is 0 Å². The Kier molecular flexibility index (Phi) is 3.40. The Morgan fingerprint density at radius 3 is 2.19 bits per heavy atom. The average Bonchev–Trinajstić information content (AvgIpc) is 3.05. The molecule has 2 aromatic rings. The molecule has 7 nitrogen and oxygen atoms in total. The molecule has 0 amide bonds. The predicted molar refractivity (Wildman–Crippen MR) is 89.9 cm³/mol. The summed E-state index contributed by atoms with van der Waals surface area (Å²) < 4.78 is 0. The maximum absolute atomic E-state index is 12.7. The molecule has 1 heterocycles. The van der Waals surface area contributed by atoms with Gasteiger partial charge in [-0.05, 0) is 6.92 Å². The summed E-state index contributed by atoms with van der Waals surface area (Å²) in [7, 11) is 0. The van der Waals surface area contributed by atoms with Gasteiger partial charge in [0.05, 0.1) is 17.2 Å². The van der Waals surface area contributed by atoms with Crippen molar-refractivity contribution < 1.29 is 34.8 Å². The van der Waals surface area contributed by atoms with Crippen molar-refractivity contribution in [2.75, 3.05) is 0 Å². The Hall–Kier alpha value is -2.55. The summed E-state index contributed by atoms with van der Waals surface area (Å²) in [6, 6.07) is 0. The zero-order valence-electron chi connectivity index (χ0n) is 13.6. The lowest BCUT2D eigenvalue weighted by Crippen LogP contribution is -2.44. The summed E-state index contributed by atoms with van der Waals surface area (Å²) in [5, 5.41) is 45.1. The van der Waals surface area contributed by atoms with Crippen LogP contribution in [0, 0.1) is 0 Å². The number of aromatic hydroxyl groups is 2. The number of phenols is 2. The zero-order chi connectivity index (χ0) is 19.0. The Morgan fingerprint density at radius 1 is 1.12 bits per heavy atom. The van der Waals surface area contributed by atoms with E-state index in [1.807, 2.05) is 0 Å². The fourth-order valence-corrected chi connectivity index (χ4v) is 4.55. The van der Waals surface area contributed by atoms with E-state index in [9.17, 15) is 34.8 Å². The van der Waals surface area contributed by atoms with Crippen molar-refractivity contribution in [3.63, 3.8) is 0 Å². The molecule has 0 saturated carbocycles. The van der Waals surface area contributed by atoms with E-state index >= 15 is 0 Å². The topological polar surface area (TPSA) is 132 Å². The first-order valence-electron chi connectivity index (χ1n) is 7.85. The second-order valence-electron chi connectivity index (χ2n) is 6.68. The van der Waals surface area contributed by atoms with Gasteiger partial charge in [-0.2, -0.15) is 11.3 Å². The number of hydrogen-bond acceptors (Lipinski definition) is 8. The van der Waals surface area contributed by atoms with Crippen molar-refractivity contribution in [1.29, 1.82) is 0 Å². The molecule has 0 fully saturated rings. The van der Waals surface area contributed by atoms with Crippen molar-refractivity contribution >= 4 is 28.7 Å². The number of phenolic OH excluding ortho intramolecular Hbond substituents is 2. The highest BCUT2D eigenvalue weighted by Gasteiger charge is 2.47. The first-order valence-corrected chi connectivity index (χ1v) is 8.79. The standard InChI is InChI=1S/C18H14O7S/c1-6(19)18(25)2-7-11(10(20)3-18)17(24)13-12(14(7)21)15(22)8-4-26-5-9(8)16(13)23/h4-5,10,20-21,24-25H,2-3H2,1H3/t10-,18-/m1/s1. The fraction of sp³-hybridized carbons (Fsp3) is 0.278. The van der Waals surface area contributed by atoms with Crippen LogP contribution in [-0.4, -0.2) is 43.4 Å². The molecule has 26 heavy (non-hydrogen) atoms. The summed E-state index contributed by atoms with van der Waals surface area (Å²) in [5.41, 5.74) is -2.63. The van der Waals surface area contributed by atoms with Gasteiger partial charge in [0.15, 0.2) is 17.3 Å². The van der Waals surface area contributed by atoms with Gasteiger partial charge >= 0.3 is 0 Å². The second kappa shape index (κ2) is 5.23.